The third-order valence-electron chi connectivity index (χ3n) is 9.29. The Bertz CT molecular complexity index is 1700. The Hall–Kier alpha value is -4.86. The van der Waals surface area contributed by atoms with Gasteiger partial charge in [-0.1, -0.05) is 67.3 Å². The topological polar surface area (TPSA) is 107 Å². The van der Waals surface area contributed by atoms with Crippen molar-refractivity contribution in [2.45, 2.75) is 58.7 Å². The molecule has 264 valence electrons. The van der Waals surface area contributed by atoms with Gasteiger partial charge in [-0.05, 0) is 92.3 Å². The number of aliphatic carboxylic acids is 1. The molecule has 2 aliphatic rings. The number of aryl methyl sites for hydroxylation is 2. The average molecular weight is 681 g/mol. The van der Waals surface area contributed by atoms with E-state index in [0.29, 0.717) is 42.6 Å². The minimum absolute atomic E-state index is 0.0316. The summed E-state index contributed by atoms with van der Waals surface area (Å²) in [4.78, 5) is 29.1. The number of fused-ring (bicyclic) bond motifs is 1. The highest BCUT2D eigenvalue weighted by molar-refractivity contribution is 5.80. The number of carbonyl (C=O) groups excluding carboxylic acids is 1. The van der Waals surface area contributed by atoms with Gasteiger partial charge < -0.3 is 29.4 Å². The zero-order valence-electron chi connectivity index (χ0n) is 29.6. The molecule has 0 aromatic heterocycles. The number of amides is 1. The fourth-order valence-corrected chi connectivity index (χ4v) is 6.81. The Morgan fingerprint density at radius 2 is 1.64 bits per heavy atom. The van der Waals surface area contributed by atoms with E-state index in [9.17, 15) is 14.7 Å². The average Bonchev–Trinajstić information content (AvgIpc) is 3.72. The number of hydrogen-bond acceptors (Lipinski definition) is 7. The van der Waals surface area contributed by atoms with Crippen LogP contribution >= 0.6 is 0 Å². The van der Waals surface area contributed by atoms with E-state index in [1.54, 1.807) is 12.2 Å². The molecule has 3 atom stereocenters. The molecule has 9 heteroatoms. The summed E-state index contributed by atoms with van der Waals surface area (Å²) in [5.41, 5.74) is 5.48. The molecule has 3 aromatic carbocycles. The first-order chi connectivity index (χ1) is 24.1. The Labute approximate surface area is 295 Å². The molecule has 0 aliphatic carbocycles. The number of likely N-dealkylation sites (tertiary alicyclic amines) is 1. The molecule has 50 heavy (non-hydrogen) atoms. The summed E-state index contributed by atoms with van der Waals surface area (Å²) in [6, 6.07) is 20.5. The van der Waals surface area contributed by atoms with E-state index in [-0.39, 0.29) is 31.4 Å². The van der Waals surface area contributed by atoms with E-state index in [0.717, 1.165) is 27.8 Å². The van der Waals surface area contributed by atoms with Crippen molar-refractivity contribution in [1.29, 1.82) is 0 Å². The van der Waals surface area contributed by atoms with Gasteiger partial charge in [0.2, 0.25) is 12.7 Å². The first kappa shape index (κ1) is 36.4. The summed E-state index contributed by atoms with van der Waals surface area (Å²) in [6.07, 6.45) is 5.51. The molecular formula is C41H48N2O7. The lowest BCUT2D eigenvalue weighted by molar-refractivity contribution is -0.142. The van der Waals surface area contributed by atoms with Gasteiger partial charge in [0.15, 0.2) is 11.5 Å². The Morgan fingerprint density at radius 1 is 0.980 bits per heavy atom. The van der Waals surface area contributed by atoms with Gasteiger partial charge in [-0.3, -0.25) is 14.5 Å². The zero-order valence-corrected chi connectivity index (χ0v) is 29.6. The van der Waals surface area contributed by atoms with Crippen molar-refractivity contribution in [3.8, 4) is 11.5 Å². The third kappa shape index (κ3) is 8.64. The fourth-order valence-electron chi connectivity index (χ4n) is 6.81. The van der Waals surface area contributed by atoms with Crippen LogP contribution in [0.15, 0.2) is 103 Å². The monoisotopic (exact) mass is 680 g/mol. The molecule has 3 aromatic rings. The lowest BCUT2D eigenvalue weighted by Crippen LogP contribution is -2.44. The maximum Gasteiger partial charge on any atom is 0.309 e. The van der Waals surface area contributed by atoms with Gasteiger partial charge in [0.05, 0.1) is 31.2 Å². The molecule has 1 saturated heterocycles. The predicted molar refractivity (Wildman–Crippen MR) is 193 cm³/mol. The standard InChI is InChI=1S/C41H48N2O7/c1-7-31(48-21-20-47-26(2)3)18-16-29(6)40-38(41(45)46)34(30-17-19-35-36(22-30)50-25-49-35)23-43(40)24-37(44)42-39(32-14-10-8-12-27(32)4)33-15-11-9-13-28(33)5/h7-19,22,26,34,38-40H,6,20-21,23-25H2,1-5H3,(H,42,44)(H,45,46)/b18-16-,31-7+/t34-,38-,40+/m1/s1. The third-order valence-corrected chi connectivity index (χ3v) is 9.29. The minimum Gasteiger partial charge on any atom is -0.492 e. The highest BCUT2D eigenvalue weighted by Gasteiger charge is 2.48. The highest BCUT2D eigenvalue weighted by Crippen LogP contribution is 2.43. The summed E-state index contributed by atoms with van der Waals surface area (Å²) in [5.74, 6) is -0.720. The van der Waals surface area contributed by atoms with E-state index in [1.165, 1.54) is 0 Å². The second-order valence-electron chi connectivity index (χ2n) is 13.0. The van der Waals surface area contributed by atoms with Gasteiger partial charge in [-0.2, -0.15) is 0 Å². The number of carbonyl (C=O) groups is 2. The molecule has 0 saturated carbocycles. The summed E-state index contributed by atoms with van der Waals surface area (Å²) in [5, 5.41) is 14.0. The smallest absolute Gasteiger partial charge is 0.309 e. The second kappa shape index (κ2) is 16.7. The fraction of sp³-hybridized carbons (Fsp3) is 0.366. The van der Waals surface area contributed by atoms with Gasteiger partial charge in [-0.25, -0.2) is 0 Å². The molecule has 0 radical (unpaired) electrons. The minimum atomic E-state index is -0.971. The van der Waals surface area contributed by atoms with Gasteiger partial charge in [0, 0.05) is 18.5 Å². The van der Waals surface area contributed by atoms with E-state index in [4.69, 9.17) is 18.9 Å². The van der Waals surface area contributed by atoms with Crippen molar-refractivity contribution in [1.82, 2.24) is 10.2 Å². The lowest BCUT2D eigenvalue weighted by atomic mass is 9.82. The van der Waals surface area contributed by atoms with Crippen LogP contribution in [0.2, 0.25) is 0 Å². The molecule has 2 N–H and O–H groups in total. The molecule has 1 amide bonds. The van der Waals surface area contributed by atoms with Gasteiger partial charge in [0.1, 0.15) is 12.4 Å². The Kier molecular flexibility index (Phi) is 12.2. The molecule has 2 heterocycles. The Morgan fingerprint density at radius 3 is 2.26 bits per heavy atom. The summed E-state index contributed by atoms with van der Waals surface area (Å²) in [6.45, 7) is 15.4. The molecule has 0 unspecified atom stereocenters. The first-order valence-electron chi connectivity index (χ1n) is 17.1. The van der Waals surface area contributed by atoms with E-state index < -0.39 is 23.8 Å². The van der Waals surface area contributed by atoms with Crippen LogP contribution in [0.3, 0.4) is 0 Å². The van der Waals surface area contributed by atoms with Crippen LogP contribution in [0.4, 0.5) is 0 Å². The van der Waals surface area contributed by atoms with E-state index in [1.807, 2.05) is 112 Å². The number of carboxylic acids is 1. The van der Waals surface area contributed by atoms with Crippen LogP contribution in [0.25, 0.3) is 0 Å². The number of carboxylic acid groups (broad SMARTS) is 1. The lowest BCUT2D eigenvalue weighted by Gasteiger charge is -2.29. The number of nitrogens with one attached hydrogen (secondary N) is 1. The van der Waals surface area contributed by atoms with E-state index >= 15 is 0 Å². The number of hydrogen-bond donors (Lipinski definition) is 2. The number of rotatable bonds is 15. The van der Waals surface area contributed by atoms with Gasteiger partial charge >= 0.3 is 5.97 Å². The number of allylic oxidation sites excluding steroid dienone is 2. The molecule has 9 nitrogen and oxygen atoms in total. The SMILES string of the molecule is C=C(/C=C\C(=C/C)OCCOC(C)C)[C@H]1[C@H](C(=O)O)[C@@H](c2ccc3c(c2)OCO3)CN1CC(=O)NC(c1ccccc1C)c1ccccc1C. The number of benzene rings is 3. The van der Waals surface area contributed by atoms with Gasteiger partial charge in [-0.15, -0.1) is 0 Å². The largest absolute Gasteiger partial charge is 0.492 e. The maximum absolute atomic E-state index is 14.1. The quantitative estimate of drug-likeness (QED) is 0.102. The molecule has 1 fully saturated rings. The summed E-state index contributed by atoms with van der Waals surface area (Å²) in [7, 11) is 0. The predicted octanol–water partition coefficient (Wildman–Crippen LogP) is 6.86. The zero-order chi connectivity index (χ0) is 35.8. The van der Waals surface area contributed by atoms with Crippen LogP contribution in [0.1, 0.15) is 60.5 Å². The van der Waals surface area contributed by atoms with Crippen molar-refractivity contribution in [2.75, 3.05) is 33.1 Å². The molecular weight excluding hydrogens is 632 g/mol. The van der Waals surface area contributed by atoms with Crippen LogP contribution in [-0.4, -0.2) is 67.1 Å². The van der Waals surface area contributed by atoms with Crippen molar-refractivity contribution >= 4 is 11.9 Å². The summed E-state index contributed by atoms with van der Waals surface area (Å²) >= 11 is 0. The molecule has 5 rings (SSSR count). The number of nitrogens with zero attached hydrogens (tertiary/aromatic N) is 1. The van der Waals surface area contributed by atoms with Crippen molar-refractivity contribution < 1.29 is 33.6 Å². The maximum atomic E-state index is 14.1. The van der Waals surface area contributed by atoms with Crippen LogP contribution in [0.5, 0.6) is 11.5 Å². The van der Waals surface area contributed by atoms with Crippen molar-refractivity contribution in [3.05, 3.63) is 131 Å². The van der Waals surface area contributed by atoms with Gasteiger partial charge in [0.25, 0.3) is 0 Å². The Balaban J connectivity index is 1.44. The molecule has 0 spiro atoms. The van der Waals surface area contributed by atoms with E-state index in [2.05, 4.69) is 11.9 Å². The van der Waals surface area contributed by atoms with Crippen molar-refractivity contribution in [2.24, 2.45) is 5.92 Å². The molecule has 0 bridgehead atoms. The van der Waals surface area contributed by atoms with Crippen molar-refractivity contribution in [3.63, 3.8) is 0 Å². The second-order valence-corrected chi connectivity index (χ2v) is 13.0. The van der Waals surface area contributed by atoms with Crippen LogP contribution < -0.4 is 14.8 Å². The molecule has 2 aliphatic heterocycles. The normalized spacial score (nSPS) is 19.0. The van der Waals surface area contributed by atoms with Crippen LogP contribution in [-0.2, 0) is 19.1 Å². The summed E-state index contributed by atoms with van der Waals surface area (Å²) < 4.78 is 22.6. The number of ether oxygens (including phenoxy) is 4. The first-order valence-corrected chi connectivity index (χ1v) is 17.1. The van der Waals surface area contributed by atoms with Crippen LogP contribution in [0, 0.1) is 19.8 Å². The highest BCUT2D eigenvalue weighted by atomic mass is 16.7.